The Morgan fingerprint density at radius 3 is 2.81 bits per heavy atom. The predicted octanol–water partition coefficient (Wildman–Crippen LogP) is 2.29. The maximum atomic E-state index is 12.6. The van der Waals surface area contributed by atoms with Gasteiger partial charge in [-0.1, -0.05) is 36.4 Å². The third-order valence-corrected chi connectivity index (χ3v) is 3.27. The number of allylic oxidation sites excluding steroid dienone is 1. The maximum absolute atomic E-state index is 12.6. The Morgan fingerprint density at radius 2 is 2.14 bits per heavy atom. The second kappa shape index (κ2) is 5.10. The highest BCUT2D eigenvalue weighted by molar-refractivity contribution is 5.67. The molecule has 0 radical (unpaired) electrons. The van der Waals surface area contributed by atoms with Crippen molar-refractivity contribution >= 4 is 5.65 Å². The molecule has 5 heteroatoms. The summed E-state index contributed by atoms with van der Waals surface area (Å²) in [5, 5.41) is 11.9. The van der Waals surface area contributed by atoms with Crippen molar-refractivity contribution in [2.45, 2.75) is 6.42 Å². The van der Waals surface area contributed by atoms with Crippen LogP contribution in [0.2, 0.25) is 0 Å². The van der Waals surface area contributed by atoms with Crippen molar-refractivity contribution in [2.75, 3.05) is 0 Å². The van der Waals surface area contributed by atoms with Crippen molar-refractivity contribution in [3.8, 4) is 17.3 Å². The first-order valence-electron chi connectivity index (χ1n) is 6.45. The molecule has 0 saturated heterocycles. The first-order chi connectivity index (χ1) is 10.3. The first-order valence-corrected chi connectivity index (χ1v) is 6.45. The molecule has 1 aromatic carbocycles. The third kappa shape index (κ3) is 2.03. The minimum atomic E-state index is -0.208. The van der Waals surface area contributed by atoms with Crippen LogP contribution in [0.1, 0.15) is 11.1 Å². The fraction of sp³-hybridized carbons (Fsp3) is 0.0625. The molecule has 5 nitrogen and oxygen atoms in total. The van der Waals surface area contributed by atoms with Crippen LogP contribution in [0, 0.1) is 11.3 Å². The molecule has 0 aliphatic heterocycles. The van der Waals surface area contributed by atoms with E-state index in [1.807, 2.05) is 36.4 Å². The van der Waals surface area contributed by atoms with Crippen LogP contribution in [-0.4, -0.2) is 14.6 Å². The summed E-state index contributed by atoms with van der Waals surface area (Å²) in [5.74, 6) is 0. The van der Waals surface area contributed by atoms with Crippen LogP contribution in [0.5, 0.6) is 0 Å². The minimum Gasteiger partial charge on any atom is -0.295 e. The minimum absolute atomic E-state index is 0.208. The number of H-pyrrole nitrogens is 1. The molecule has 102 valence electrons. The van der Waals surface area contributed by atoms with Gasteiger partial charge in [-0.3, -0.25) is 9.89 Å². The van der Waals surface area contributed by atoms with E-state index in [0.29, 0.717) is 28.9 Å². The van der Waals surface area contributed by atoms with Crippen molar-refractivity contribution in [2.24, 2.45) is 0 Å². The van der Waals surface area contributed by atoms with E-state index in [1.54, 1.807) is 6.08 Å². The lowest BCUT2D eigenvalue weighted by atomic mass is 10.0. The summed E-state index contributed by atoms with van der Waals surface area (Å²) in [6, 6.07) is 11.5. The van der Waals surface area contributed by atoms with E-state index < -0.39 is 0 Å². The lowest BCUT2D eigenvalue weighted by Crippen LogP contribution is -2.21. The molecule has 0 aliphatic rings. The number of benzene rings is 1. The molecule has 0 saturated carbocycles. The van der Waals surface area contributed by atoms with Gasteiger partial charge in [0.25, 0.3) is 5.56 Å². The van der Waals surface area contributed by atoms with E-state index >= 15 is 0 Å². The molecule has 0 fully saturated rings. The molecule has 21 heavy (non-hydrogen) atoms. The fourth-order valence-corrected chi connectivity index (χ4v) is 2.30. The van der Waals surface area contributed by atoms with Gasteiger partial charge in [-0.05, 0) is 6.42 Å². The average molecular weight is 276 g/mol. The summed E-state index contributed by atoms with van der Waals surface area (Å²) < 4.78 is 1.30. The highest BCUT2D eigenvalue weighted by atomic mass is 16.1. The Kier molecular flexibility index (Phi) is 3.13. The molecular weight excluding hydrogens is 264 g/mol. The van der Waals surface area contributed by atoms with Gasteiger partial charge in [-0.2, -0.15) is 5.26 Å². The van der Waals surface area contributed by atoms with E-state index in [-0.39, 0.29) is 5.56 Å². The van der Waals surface area contributed by atoms with Crippen molar-refractivity contribution in [3.05, 3.63) is 70.7 Å². The Labute approximate surface area is 120 Å². The molecule has 0 bridgehead atoms. The normalized spacial score (nSPS) is 10.4. The zero-order valence-electron chi connectivity index (χ0n) is 11.2. The number of rotatable bonds is 3. The zero-order valence-corrected chi connectivity index (χ0v) is 11.2. The van der Waals surface area contributed by atoms with Gasteiger partial charge >= 0.3 is 0 Å². The van der Waals surface area contributed by atoms with E-state index in [4.69, 9.17) is 5.26 Å². The Hall–Kier alpha value is -3.13. The highest BCUT2D eigenvalue weighted by Gasteiger charge is 2.16. The number of hydrogen-bond acceptors (Lipinski definition) is 3. The van der Waals surface area contributed by atoms with Crippen molar-refractivity contribution < 1.29 is 0 Å². The molecule has 2 aromatic heterocycles. The van der Waals surface area contributed by atoms with Gasteiger partial charge in [0.05, 0.1) is 5.69 Å². The van der Waals surface area contributed by atoms with Gasteiger partial charge in [-0.25, -0.2) is 9.50 Å². The van der Waals surface area contributed by atoms with E-state index in [9.17, 15) is 4.79 Å². The van der Waals surface area contributed by atoms with Gasteiger partial charge in [0.15, 0.2) is 5.65 Å². The second-order valence-corrected chi connectivity index (χ2v) is 4.56. The van der Waals surface area contributed by atoms with Crippen molar-refractivity contribution in [3.63, 3.8) is 0 Å². The standard InChI is InChI=1S/C16H12N4O/c1-2-6-13-14(11-7-4-3-5-8-11)19-15-12(9-17)10-18-20(15)16(13)21/h2-5,7-8,10,18H,1,6H2. The summed E-state index contributed by atoms with van der Waals surface area (Å²) in [5.41, 5.74) is 2.47. The van der Waals surface area contributed by atoms with Crippen LogP contribution in [0.15, 0.2) is 54.0 Å². The van der Waals surface area contributed by atoms with Gasteiger partial charge in [0.1, 0.15) is 11.6 Å². The summed E-state index contributed by atoms with van der Waals surface area (Å²) in [6.07, 6.45) is 3.57. The van der Waals surface area contributed by atoms with Gasteiger partial charge in [0.2, 0.25) is 0 Å². The van der Waals surface area contributed by atoms with Crippen LogP contribution < -0.4 is 5.56 Å². The number of fused-ring (bicyclic) bond motifs is 1. The Balaban J connectivity index is 2.41. The summed E-state index contributed by atoms with van der Waals surface area (Å²) in [6.45, 7) is 3.69. The molecule has 0 amide bonds. The number of aromatic nitrogens is 3. The quantitative estimate of drug-likeness (QED) is 0.746. The smallest absolute Gasteiger partial charge is 0.276 e. The molecule has 0 unspecified atom stereocenters. The molecular formula is C16H12N4O. The first kappa shape index (κ1) is 12.9. The molecule has 3 aromatic rings. The van der Waals surface area contributed by atoms with Crippen LogP contribution in [0.25, 0.3) is 16.9 Å². The Bertz CT molecular complexity index is 913. The molecule has 3 rings (SSSR count). The molecule has 0 spiro atoms. The van der Waals surface area contributed by atoms with E-state index in [0.717, 1.165) is 5.56 Å². The van der Waals surface area contributed by atoms with E-state index in [2.05, 4.69) is 16.7 Å². The number of nitrogens with zero attached hydrogens (tertiary/aromatic N) is 3. The molecule has 0 atom stereocenters. The SMILES string of the molecule is C=CCc1c(-c2ccccc2)nc2c(C#N)c[nH]n2c1=O. The van der Waals surface area contributed by atoms with Crippen LogP contribution in [0.3, 0.4) is 0 Å². The topological polar surface area (TPSA) is 73.9 Å². The van der Waals surface area contributed by atoms with Crippen molar-refractivity contribution in [1.29, 1.82) is 5.26 Å². The Morgan fingerprint density at radius 1 is 1.38 bits per heavy atom. The molecule has 1 N–H and O–H groups in total. The van der Waals surface area contributed by atoms with Gasteiger partial charge in [-0.15, -0.1) is 6.58 Å². The molecule has 0 aliphatic carbocycles. The largest absolute Gasteiger partial charge is 0.295 e. The van der Waals surface area contributed by atoms with Crippen molar-refractivity contribution in [1.82, 2.24) is 14.6 Å². The fourth-order valence-electron chi connectivity index (χ4n) is 2.30. The highest BCUT2D eigenvalue weighted by Crippen LogP contribution is 2.21. The number of hydrogen-bond donors (Lipinski definition) is 1. The lowest BCUT2D eigenvalue weighted by molar-refractivity contribution is 0.879. The number of aromatic amines is 1. The summed E-state index contributed by atoms with van der Waals surface area (Å²) in [7, 11) is 0. The zero-order chi connectivity index (χ0) is 14.8. The van der Waals surface area contributed by atoms with Gasteiger partial charge < -0.3 is 0 Å². The van der Waals surface area contributed by atoms with E-state index in [1.165, 1.54) is 10.7 Å². The monoisotopic (exact) mass is 276 g/mol. The van der Waals surface area contributed by atoms with Gasteiger partial charge in [0, 0.05) is 17.3 Å². The predicted molar refractivity (Wildman–Crippen MR) is 79.9 cm³/mol. The maximum Gasteiger partial charge on any atom is 0.276 e. The van der Waals surface area contributed by atoms with Crippen LogP contribution in [0.4, 0.5) is 0 Å². The average Bonchev–Trinajstić information content (AvgIpc) is 2.94. The number of nitriles is 1. The third-order valence-electron chi connectivity index (χ3n) is 3.27. The summed E-state index contributed by atoms with van der Waals surface area (Å²) in [4.78, 5) is 17.1. The number of nitrogens with one attached hydrogen (secondary N) is 1. The summed E-state index contributed by atoms with van der Waals surface area (Å²) >= 11 is 0. The molecule has 2 heterocycles. The lowest BCUT2D eigenvalue weighted by Gasteiger charge is -2.07. The van der Waals surface area contributed by atoms with Crippen LogP contribution in [-0.2, 0) is 6.42 Å². The van der Waals surface area contributed by atoms with Crippen LogP contribution >= 0.6 is 0 Å². The second-order valence-electron chi connectivity index (χ2n) is 4.56.